The maximum atomic E-state index is 12.5. The molecule has 26 heavy (non-hydrogen) atoms. The summed E-state index contributed by atoms with van der Waals surface area (Å²) in [4.78, 5) is 21.2. The third-order valence-electron chi connectivity index (χ3n) is 4.70. The number of nitrogens with one attached hydrogen (secondary N) is 1. The molecule has 0 saturated heterocycles. The predicted molar refractivity (Wildman–Crippen MR) is 95.9 cm³/mol. The van der Waals surface area contributed by atoms with Crippen molar-refractivity contribution in [2.45, 2.75) is 36.0 Å². The van der Waals surface area contributed by atoms with E-state index in [-0.39, 0.29) is 16.8 Å². The Hall–Kier alpha value is -2.48. The molecule has 1 aromatic heterocycles. The number of hydrogen-bond acceptors (Lipinski definition) is 6. The van der Waals surface area contributed by atoms with Crippen LogP contribution < -0.4 is 10.1 Å². The van der Waals surface area contributed by atoms with E-state index >= 15 is 0 Å². The Morgan fingerprint density at radius 2 is 1.81 bits per heavy atom. The van der Waals surface area contributed by atoms with Gasteiger partial charge in [-0.25, -0.2) is 13.4 Å². The summed E-state index contributed by atoms with van der Waals surface area (Å²) < 4.78 is 28.7. The Morgan fingerprint density at radius 3 is 2.38 bits per heavy atom. The molecule has 0 aliphatic heterocycles. The summed E-state index contributed by atoms with van der Waals surface area (Å²) in [6, 6.07) is 7.92. The van der Waals surface area contributed by atoms with E-state index in [1.165, 1.54) is 12.1 Å². The molecule has 1 amide bonds. The van der Waals surface area contributed by atoms with E-state index in [9.17, 15) is 13.2 Å². The van der Waals surface area contributed by atoms with Crippen LogP contribution in [0.2, 0.25) is 0 Å². The molecule has 1 aliphatic carbocycles. The molecule has 1 heterocycles. The van der Waals surface area contributed by atoms with Gasteiger partial charge in [-0.05, 0) is 43.2 Å². The van der Waals surface area contributed by atoms with E-state index in [0.717, 1.165) is 31.9 Å². The molecular formula is C18H21N3O4S. The number of sulfone groups is 1. The van der Waals surface area contributed by atoms with Crippen molar-refractivity contribution in [1.82, 2.24) is 15.3 Å². The topological polar surface area (TPSA) is 98.2 Å². The normalized spacial score (nSPS) is 16.2. The molecule has 138 valence electrons. The molecule has 2 aromatic rings. The van der Waals surface area contributed by atoms with Crippen molar-refractivity contribution in [3.8, 4) is 11.8 Å². The van der Waals surface area contributed by atoms with Gasteiger partial charge in [0.15, 0.2) is 9.84 Å². The predicted octanol–water partition coefficient (Wildman–Crippen LogP) is 2.23. The number of benzene rings is 1. The van der Waals surface area contributed by atoms with Crippen molar-refractivity contribution >= 4 is 15.7 Å². The molecule has 0 atom stereocenters. The van der Waals surface area contributed by atoms with Gasteiger partial charge in [0.1, 0.15) is 5.75 Å². The van der Waals surface area contributed by atoms with Crippen molar-refractivity contribution < 1.29 is 17.9 Å². The minimum absolute atomic E-state index is 0.0443. The van der Waals surface area contributed by atoms with E-state index in [0.29, 0.717) is 11.4 Å². The zero-order valence-corrected chi connectivity index (χ0v) is 15.5. The number of aromatic nitrogens is 2. The van der Waals surface area contributed by atoms with Crippen LogP contribution in [0.15, 0.2) is 41.4 Å². The number of nitrogens with zero attached hydrogens (tertiary/aromatic N) is 2. The van der Waals surface area contributed by atoms with Crippen LogP contribution in [0.25, 0.3) is 0 Å². The summed E-state index contributed by atoms with van der Waals surface area (Å²) >= 11 is 0. The van der Waals surface area contributed by atoms with Gasteiger partial charge < -0.3 is 10.1 Å². The Kier molecular flexibility index (Phi) is 4.95. The van der Waals surface area contributed by atoms with Gasteiger partial charge in [-0.15, -0.1) is 0 Å². The fourth-order valence-corrected chi connectivity index (χ4v) is 3.96. The first-order valence-electron chi connectivity index (χ1n) is 8.39. The zero-order valence-electron chi connectivity index (χ0n) is 14.7. The lowest BCUT2D eigenvalue weighted by Crippen LogP contribution is -2.41. The first kappa shape index (κ1) is 18.3. The van der Waals surface area contributed by atoms with Gasteiger partial charge >= 0.3 is 6.01 Å². The molecule has 0 unspecified atom stereocenters. The molecule has 7 nitrogen and oxygen atoms in total. The van der Waals surface area contributed by atoms with Gasteiger partial charge in [-0.3, -0.25) is 4.79 Å². The molecular weight excluding hydrogens is 354 g/mol. The van der Waals surface area contributed by atoms with Gasteiger partial charge in [-0.1, -0.05) is 12.8 Å². The fourth-order valence-electron chi connectivity index (χ4n) is 3.33. The minimum atomic E-state index is -3.26. The average molecular weight is 375 g/mol. The zero-order chi connectivity index (χ0) is 18.8. The van der Waals surface area contributed by atoms with Crippen molar-refractivity contribution in [2.75, 3.05) is 13.3 Å². The summed E-state index contributed by atoms with van der Waals surface area (Å²) in [5.74, 6) is 0.382. The van der Waals surface area contributed by atoms with Crippen LogP contribution in [0.3, 0.4) is 0 Å². The maximum absolute atomic E-state index is 12.5. The molecule has 0 bridgehead atoms. The van der Waals surface area contributed by atoms with Crippen LogP contribution in [-0.4, -0.2) is 37.6 Å². The van der Waals surface area contributed by atoms with Crippen molar-refractivity contribution in [3.63, 3.8) is 0 Å². The second kappa shape index (κ2) is 7.03. The highest BCUT2D eigenvalue weighted by atomic mass is 32.2. The monoisotopic (exact) mass is 375 g/mol. The van der Waals surface area contributed by atoms with E-state index in [1.807, 2.05) is 0 Å². The summed E-state index contributed by atoms with van der Waals surface area (Å²) in [6.07, 6.45) is 6.15. The molecule has 1 N–H and O–H groups in total. The Labute approximate surface area is 152 Å². The van der Waals surface area contributed by atoms with E-state index < -0.39 is 15.3 Å². The van der Waals surface area contributed by atoms with Crippen LogP contribution in [0.4, 0.5) is 0 Å². The van der Waals surface area contributed by atoms with E-state index in [2.05, 4.69) is 15.3 Å². The quantitative estimate of drug-likeness (QED) is 0.860. The highest BCUT2D eigenvalue weighted by Gasteiger charge is 2.43. The smallest absolute Gasteiger partial charge is 0.322 e. The summed E-state index contributed by atoms with van der Waals surface area (Å²) in [5, 5.41) is 2.74. The summed E-state index contributed by atoms with van der Waals surface area (Å²) in [7, 11) is -1.63. The number of amides is 1. The second-order valence-corrected chi connectivity index (χ2v) is 8.45. The summed E-state index contributed by atoms with van der Waals surface area (Å²) in [5.41, 5.74) is 0.00256. The molecule has 0 spiro atoms. The van der Waals surface area contributed by atoms with Crippen molar-refractivity contribution in [2.24, 2.45) is 0 Å². The lowest BCUT2D eigenvalue weighted by atomic mass is 9.81. The highest BCUT2D eigenvalue weighted by Crippen LogP contribution is 2.40. The molecule has 1 aromatic carbocycles. The lowest BCUT2D eigenvalue weighted by Gasteiger charge is -2.26. The lowest BCUT2D eigenvalue weighted by molar-refractivity contribution is -0.126. The third kappa shape index (κ3) is 3.55. The van der Waals surface area contributed by atoms with Gasteiger partial charge in [0, 0.05) is 19.5 Å². The van der Waals surface area contributed by atoms with Crippen LogP contribution in [0, 0.1) is 0 Å². The average Bonchev–Trinajstić information content (AvgIpc) is 3.12. The standard InChI is InChI=1S/C18H21N3O4S/c1-19-16(22)18(10-3-4-11-18)15-9-12-20-17(21-15)25-13-5-7-14(8-6-13)26(2,23)24/h5-9,12H,3-4,10-11H2,1-2H3,(H,19,22). The fraction of sp³-hybridized carbons (Fsp3) is 0.389. The third-order valence-corrected chi connectivity index (χ3v) is 5.83. The largest absolute Gasteiger partial charge is 0.424 e. The Bertz CT molecular complexity index is 904. The molecule has 3 rings (SSSR count). The highest BCUT2D eigenvalue weighted by molar-refractivity contribution is 7.90. The molecule has 1 saturated carbocycles. The molecule has 1 aliphatic rings. The summed E-state index contributed by atoms with van der Waals surface area (Å²) in [6.45, 7) is 0. The van der Waals surface area contributed by atoms with Crippen LogP contribution in [0.5, 0.6) is 11.8 Å². The maximum Gasteiger partial charge on any atom is 0.322 e. The number of carbonyl (C=O) groups is 1. The van der Waals surface area contributed by atoms with Crippen LogP contribution in [0.1, 0.15) is 31.4 Å². The number of rotatable bonds is 5. The molecule has 8 heteroatoms. The van der Waals surface area contributed by atoms with Crippen molar-refractivity contribution in [3.05, 3.63) is 42.2 Å². The number of carbonyl (C=O) groups excluding carboxylic acids is 1. The van der Waals surface area contributed by atoms with E-state index in [1.54, 1.807) is 31.4 Å². The first-order valence-corrected chi connectivity index (χ1v) is 10.3. The first-order chi connectivity index (χ1) is 12.3. The Morgan fingerprint density at radius 1 is 1.15 bits per heavy atom. The molecule has 1 fully saturated rings. The number of hydrogen-bond donors (Lipinski definition) is 1. The number of likely N-dealkylation sites (N-methyl/N-ethyl adjacent to an activating group) is 1. The van der Waals surface area contributed by atoms with Gasteiger partial charge in [0.25, 0.3) is 0 Å². The van der Waals surface area contributed by atoms with E-state index in [4.69, 9.17) is 4.74 Å². The van der Waals surface area contributed by atoms with Crippen molar-refractivity contribution in [1.29, 1.82) is 0 Å². The van der Waals surface area contributed by atoms with Gasteiger partial charge in [-0.2, -0.15) is 4.98 Å². The molecule has 0 radical (unpaired) electrons. The van der Waals surface area contributed by atoms with Gasteiger partial charge in [0.2, 0.25) is 5.91 Å². The number of ether oxygens (including phenoxy) is 1. The second-order valence-electron chi connectivity index (χ2n) is 6.44. The van der Waals surface area contributed by atoms with Gasteiger partial charge in [0.05, 0.1) is 16.0 Å². The van der Waals surface area contributed by atoms with Crippen LogP contribution >= 0.6 is 0 Å². The SMILES string of the molecule is CNC(=O)C1(c2ccnc(Oc3ccc(S(C)(=O)=O)cc3)n2)CCCC1. The Balaban J connectivity index is 1.87. The minimum Gasteiger partial charge on any atom is -0.424 e. The van der Waals surface area contributed by atoms with Crippen LogP contribution in [-0.2, 0) is 20.0 Å².